The Balaban J connectivity index is 2.18. The highest BCUT2D eigenvalue weighted by Crippen LogP contribution is 2.30. The molecule has 1 aromatic carbocycles. The normalized spacial score (nSPS) is 13.6. The van der Waals surface area contributed by atoms with Gasteiger partial charge in [0.2, 0.25) is 0 Å². The van der Waals surface area contributed by atoms with E-state index in [4.69, 9.17) is 12.2 Å². The maximum Gasteiger partial charge on any atom is 0.194 e. The van der Waals surface area contributed by atoms with Gasteiger partial charge in [0, 0.05) is 28.3 Å². The van der Waals surface area contributed by atoms with Crippen molar-refractivity contribution in [2.75, 3.05) is 0 Å². The lowest BCUT2D eigenvalue weighted by Gasteiger charge is -2.06. The van der Waals surface area contributed by atoms with E-state index >= 15 is 0 Å². The summed E-state index contributed by atoms with van der Waals surface area (Å²) >= 11 is 6.84. The van der Waals surface area contributed by atoms with Crippen LogP contribution in [0.4, 0.5) is 13.2 Å². The molecule has 0 fully saturated rings. The average Bonchev–Trinajstić information content (AvgIpc) is 2.84. The molecule has 0 saturated heterocycles. The van der Waals surface area contributed by atoms with Crippen LogP contribution in [0.15, 0.2) is 12.1 Å². The van der Waals surface area contributed by atoms with E-state index in [0.717, 1.165) is 34.9 Å². The van der Waals surface area contributed by atoms with Crippen LogP contribution in [0, 0.1) is 22.1 Å². The summed E-state index contributed by atoms with van der Waals surface area (Å²) in [4.78, 5) is 7.12. The minimum Gasteiger partial charge on any atom is -0.342 e. The lowest BCUT2D eigenvalue weighted by Crippen LogP contribution is -1.99. The molecule has 0 atom stereocenters. The Bertz CT molecular complexity index is 704. The van der Waals surface area contributed by atoms with Gasteiger partial charge in [0.15, 0.2) is 17.5 Å². The van der Waals surface area contributed by atoms with E-state index in [1.54, 1.807) is 11.8 Å². The summed E-state index contributed by atoms with van der Waals surface area (Å²) < 4.78 is 39.8. The molecule has 0 bridgehead atoms. The minimum absolute atomic E-state index is 0.141. The highest BCUT2D eigenvalue weighted by atomic mass is 32.2. The number of rotatable bonds is 1. The summed E-state index contributed by atoms with van der Waals surface area (Å²) in [5.41, 5.74) is 2.00. The zero-order valence-corrected chi connectivity index (χ0v) is 11.1. The molecule has 0 aliphatic carbocycles. The summed E-state index contributed by atoms with van der Waals surface area (Å²) in [5.74, 6) is -2.19. The van der Waals surface area contributed by atoms with Crippen LogP contribution in [0.2, 0.25) is 0 Å². The van der Waals surface area contributed by atoms with Crippen LogP contribution in [0.5, 0.6) is 0 Å². The largest absolute Gasteiger partial charge is 0.342 e. The maximum absolute atomic E-state index is 13.2. The Morgan fingerprint density at radius 3 is 2.53 bits per heavy atom. The van der Waals surface area contributed by atoms with E-state index in [9.17, 15) is 13.2 Å². The number of thioether (sulfide) groups is 1. The highest BCUT2D eigenvalue weighted by Gasteiger charge is 2.18. The van der Waals surface area contributed by atoms with Gasteiger partial charge in [-0.25, -0.2) is 18.2 Å². The van der Waals surface area contributed by atoms with Crippen LogP contribution in [0.1, 0.15) is 11.3 Å². The van der Waals surface area contributed by atoms with Crippen LogP contribution >= 0.6 is 24.0 Å². The number of fused-ring (bicyclic) bond motifs is 1. The van der Waals surface area contributed by atoms with Crippen molar-refractivity contribution in [2.24, 2.45) is 0 Å². The van der Waals surface area contributed by atoms with Gasteiger partial charge in [-0.15, -0.1) is 0 Å². The Hall–Kier alpha value is -1.34. The molecule has 0 saturated carbocycles. The molecule has 1 aliphatic heterocycles. The number of nitrogens with one attached hydrogen (secondary N) is 1. The molecule has 0 unspecified atom stereocenters. The number of aromatic amines is 1. The predicted molar refractivity (Wildman–Crippen MR) is 69.7 cm³/mol. The molecule has 1 aromatic heterocycles. The number of nitrogens with zero attached hydrogens (tertiary/aromatic N) is 1. The third kappa shape index (κ3) is 2.17. The number of H-pyrrole nitrogens is 1. The Morgan fingerprint density at radius 2 is 1.84 bits per heavy atom. The fourth-order valence-corrected chi connectivity index (χ4v) is 3.35. The summed E-state index contributed by atoms with van der Waals surface area (Å²) in [5, 5.41) is 0. The van der Waals surface area contributed by atoms with Crippen molar-refractivity contribution in [3.8, 4) is 11.4 Å². The zero-order valence-electron chi connectivity index (χ0n) is 9.47. The number of aromatic nitrogens is 2. The van der Waals surface area contributed by atoms with E-state index in [-0.39, 0.29) is 11.4 Å². The van der Waals surface area contributed by atoms with Gasteiger partial charge in [-0.05, 0) is 12.1 Å². The molecule has 0 radical (unpaired) electrons. The van der Waals surface area contributed by atoms with Gasteiger partial charge in [0.1, 0.15) is 10.5 Å². The molecular formula is C12H7F3N2S2. The number of hydrogen-bond acceptors (Lipinski definition) is 3. The van der Waals surface area contributed by atoms with E-state index in [2.05, 4.69) is 9.97 Å². The first kappa shape index (κ1) is 12.7. The van der Waals surface area contributed by atoms with Crippen molar-refractivity contribution in [3.63, 3.8) is 0 Å². The first-order chi connectivity index (χ1) is 9.06. The van der Waals surface area contributed by atoms with E-state index < -0.39 is 17.5 Å². The number of halogens is 3. The lowest BCUT2D eigenvalue weighted by atomic mass is 10.1. The second kappa shape index (κ2) is 4.64. The smallest absolute Gasteiger partial charge is 0.194 e. The van der Waals surface area contributed by atoms with Gasteiger partial charge < -0.3 is 4.98 Å². The summed E-state index contributed by atoms with van der Waals surface area (Å²) in [6.45, 7) is 0. The SMILES string of the molecule is Fc1cc(-c2nc(=S)c3c([nH]2)CSC3)cc(F)c1F. The highest BCUT2D eigenvalue weighted by molar-refractivity contribution is 7.98. The molecule has 0 amide bonds. The van der Waals surface area contributed by atoms with Crippen molar-refractivity contribution in [2.45, 2.75) is 11.5 Å². The Morgan fingerprint density at radius 1 is 1.16 bits per heavy atom. The third-order valence-electron chi connectivity index (χ3n) is 2.86. The van der Waals surface area contributed by atoms with Gasteiger partial charge in [0.05, 0.1) is 0 Å². The molecule has 2 heterocycles. The van der Waals surface area contributed by atoms with Gasteiger partial charge in [-0.3, -0.25) is 0 Å². The standard InChI is InChI=1S/C12H7F3N2S2/c13-7-1-5(2-8(14)10(7)15)11-16-9-4-19-3-6(9)12(18)17-11/h1-2H,3-4H2,(H,16,17,18). The van der Waals surface area contributed by atoms with Crippen LogP contribution < -0.4 is 0 Å². The molecule has 2 aromatic rings. The zero-order chi connectivity index (χ0) is 13.6. The van der Waals surface area contributed by atoms with Gasteiger partial charge in [-0.2, -0.15) is 11.8 Å². The first-order valence-corrected chi connectivity index (χ1v) is 6.97. The maximum atomic E-state index is 13.2. The van der Waals surface area contributed by atoms with Crippen LogP contribution in [-0.4, -0.2) is 9.97 Å². The quantitative estimate of drug-likeness (QED) is 0.638. The molecule has 2 nitrogen and oxygen atoms in total. The lowest BCUT2D eigenvalue weighted by molar-refractivity contribution is 0.447. The second-order valence-electron chi connectivity index (χ2n) is 4.09. The fraction of sp³-hybridized carbons (Fsp3) is 0.167. The van der Waals surface area contributed by atoms with Crippen molar-refractivity contribution in [1.29, 1.82) is 0 Å². The summed E-state index contributed by atoms with van der Waals surface area (Å²) in [6.07, 6.45) is 0. The van der Waals surface area contributed by atoms with E-state index in [1.165, 1.54) is 0 Å². The Labute approximate surface area is 116 Å². The number of hydrogen-bond donors (Lipinski definition) is 1. The van der Waals surface area contributed by atoms with Gasteiger partial charge in [0.25, 0.3) is 0 Å². The predicted octanol–water partition coefficient (Wildman–Crippen LogP) is 3.97. The minimum atomic E-state index is -1.49. The second-order valence-corrected chi connectivity index (χ2v) is 5.47. The molecular weight excluding hydrogens is 293 g/mol. The molecule has 3 rings (SSSR count). The molecule has 7 heteroatoms. The monoisotopic (exact) mass is 300 g/mol. The molecule has 19 heavy (non-hydrogen) atoms. The molecule has 1 N–H and O–H groups in total. The average molecular weight is 300 g/mol. The van der Waals surface area contributed by atoms with Crippen LogP contribution in [0.3, 0.4) is 0 Å². The summed E-state index contributed by atoms with van der Waals surface area (Å²) in [6, 6.07) is 1.81. The summed E-state index contributed by atoms with van der Waals surface area (Å²) in [7, 11) is 0. The van der Waals surface area contributed by atoms with E-state index in [1.807, 2.05) is 0 Å². The third-order valence-corrected chi connectivity index (χ3v) is 4.18. The Kier molecular flexibility index (Phi) is 3.10. The van der Waals surface area contributed by atoms with Crippen LogP contribution in [-0.2, 0) is 11.5 Å². The molecule has 98 valence electrons. The van der Waals surface area contributed by atoms with Gasteiger partial charge in [-0.1, -0.05) is 12.2 Å². The van der Waals surface area contributed by atoms with Crippen molar-refractivity contribution >= 4 is 24.0 Å². The fourth-order valence-electron chi connectivity index (χ4n) is 1.90. The van der Waals surface area contributed by atoms with Crippen molar-refractivity contribution in [3.05, 3.63) is 45.5 Å². The first-order valence-electron chi connectivity index (χ1n) is 5.41. The van der Waals surface area contributed by atoms with Gasteiger partial charge >= 0.3 is 0 Å². The van der Waals surface area contributed by atoms with E-state index in [0.29, 0.717) is 4.64 Å². The topological polar surface area (TPSA) is 28.7 Å². The molecule has 1 aliphatic rings. The van der Waals surface area contributed by atoms with Crippen LogP contribution in [0.25, 0.3) is 11.4 Å². The van der Waals surface area contributed by atoms with Crippen molar-refractivity contribution in [1.82, 2.24) is 9.97 Å². The number of benzene rings is 1. The van der Waals surface area contributed by atoms with Crippen molar-refractivity contribution < 1.29 is 13.2 Å². The molecule has 0 spiro atoms.